The van der Waals surface area contributed by atoms with E-state index in [-0.39, 0.29) is 48.9 Å². The zero-order valence-electron chi connectivity index (χ0n) is 14.2. The SMILES string of the molecule is CCCCCCCCOC(C)COCCOCS(=O)(=O)[O-].[Na+]. The van der Waals surface area contributed by atoms with Gasteiger partial charge in [0.25, 0.3) is 0 Å². The van der Waals surface area contributed by atoms with Crippen molar-refractivity contribution in [3.63, 3.8) is 0 Å². The Bertz CT molecular complexity index is 323. The Kier molecular flexibility index (Phi) is 18.9. The van der Waals surface area contributed by atoms with Crippen molar-refractivity contribution < 1.29 is 56.7 Å². The van der Waals surface area contributed by atoms with Gasteiger partial charge in [0.15, 0.2) is 0 Å². The zero-order valence-corrected chi connectivity index (χ0v) is 17.0. The Morgan fingerprint density at radius 3 is 2.18 bits per heavy atom. The summed E-state index contributed by atoms with van der Waals surface area (Å²) in [6, 6.07) is 0. The van der Waals surface area contributed by atoms with E-state index in [0.717, 1.165) is 13.0 Å². The van der Waals surface area contributed by atoms with Crippen molar-refractivity contribution in [2.75, 3.05) is 32.4 Å². The normalized spacial score (nSPS) is 12.9. The number of rotatable bonds is 15. The Balaban J connectivity index is 0. The van der Waals surface area contributed by atoms with Crippen LogP contribution in [0.5, 0.6) is 0 Å². The Labute approximate surface area is 157 Å². The number of hydrogen-bond donors (Lipinski definition) is 0. The van der Waals surface area contributed by atoms with Gasteiger partial charge in [0.05, 0.1) is 25.9 Å². The predicted octanol–water partition coefficient (Wildman–Crippen LogP) is -0.708. The topological polar surface area (TPSA) is 84.9 Å². The van der Waals surface area contributed by atoms with Gasteiger partial charge < -0.3 is 18.8 Å². The summed E-state index contributed by atoms with van der Waals surface area (Å²) in [6.45, 7) is 5.65. The Morgan fingerprint density at radius 1 is 0.955 bits per heavy atom. The van der Waals surface area contributed by atoms with Crippen LogP contribution in [0.1, 0.15) is 52.4 Å². The number of ether oxygens (including phenoxy) is 3. The van der Waals surface area contributed by atoms with Crippen LogP contribution < -0.4 is 29.6 Å². The third-order valence-corrected chi connectivity index (χ3v) is 3.31. The molecule has 0 saturated heterocycles. The fraction of sp³-hybridized carbons (Fsp3) is 1.00. The second kappa shape index (κ2) is 16.6. The van der Waals surface area contributed by atoms with Crippen LogP contribution in [-0.4, -0.2) is 51.4 Å². The van der Waals surface area contributed by atoms with E-state index in [1.165, 1.54) is 32.1 Å². The second-order valence-electron chi connectivity index (χ2n) is 5.11. The van der Waals surface area contributed by atoms with Crippen LogP contribution in [0.15, 0.2) is 0 Å². The van der Waals surface area contributed by atoms with Gasteiger partial charge in [-0.2, -0.15) is 0 Å². The number of unbranched alkanes of at least 4 members (excludes halogenated alkanes) is 5. The van der Waals surface area contributed by atoms with Crippen molar-refractivity contribution in [2.45, 2.75) is 58.5 Å². The molecule has 0 radical (unpaired) electrons. The molecule has 128 valence electrons. The van der Waals surface area contributed by atoms with E-state index in [1.54, 1.807) is 0 Å². The largest absolute Gasteiger partial charge is 1.00 e. The van der Waals surface area contributed by atoms with E-state index in [1.807, 2.05) is 6.92 Å². The smallest absolute Gasteiger partial charge is 0.746 e. The number of hydrogen-bond acceptors (Lipinski definition) is 6. The Hall–Kier alpha value is 0.790. The molecule has 0 aliphatic heterocycles. The molecule has 0 saturated carbocycles. The molecule has 0 amide bonds. The zero-order chi connectivity index (χ0) is 16.0. The standard InChI is InChI=1S/C14H30O6S.Na/c1-3-4-5-6-7-8-9-20-14(2)12-18-10-11-19-13-21(15,16)17;/h14H,3-13H2,1-2H3,(H,15,16,17);/q;+1/p-1. The monoisotopic (exact) mass is 348 g/mol. The quantitative estimate of drug-likeness (QED) is 0.221. The van der Waals surface area contributed by atoms with Crippen molar-refractivity contribution in [1.82, 2.24) is 0 Å². The molecule has 0 aromatic heterocycles. The van der Waals surface area contributed by atoms with E-state index in [9.17, 15) is 13.0 Å². The van der Waals surface area contributed by atoms with Gasteiger partial charge in [0, 0.05) is 6.61 Å². The van der Waals surface area contributed by atoms with E-state index >= 15 is 0 Å². The molecule has 1 atom stereocenters. The van der Waals surface area contributed by atoms with E-state index < -0.39 is 16.1 Å². The molecule has 0 aromatic carbocycles. The average molecular weight is 348 g/mol. The summed E-state index contributed by atoms with van der Waals surface area (Å²) in [5, 5.41) is 0. The van der Waals surface area contributed by atoms with Gasteiger partial charge >= 0.3 is 29.6 Å². The summed E-state index contributed by atoms with van der Waals surface area (Å²) >= 11 is 0. The minimum Gasteiger partial charge on any atom is -0.746 e. The first-order chi connectivity index (χ1) is 9.95. The van der Waals surface area contributed by atoms with Crippen molar-refractivity contribution in [1.29, 1.82) is 0 Å². The first kappa shape index (κ1) is 25.0. The first-order valence-electron chi connectivity index (χ1n) is 7.66. The van der Waals surface area contributed by atoms with E-state index in [2.05, 4.69) is 11.7 Å². The van der Waals surface area contributed by atoms with Gasteiger partial charge in [-0.25, -0.2) is 8.42 Å². The van der Waals surface area contributed by atoms with Gasteiger partial charge in [-0.05, 0) is 13.3 Å². The molecule has 0 fully saturated rings. The van der Waals surface area contributed by atoms with Crippen molar-refractivity contribution >= 4 is 10.1 Å². The molecule has 0 rings (SSSR count). The third kappa shape index (κ3) is 20.8. The van der Waals surface area contributed by atoms with Crippen LogP contribution in [0, 0.1) is 0 Å². The molecule has 0 aliphatic carbocycles. The average Bonchev–Trinajstić information content (AvgIpc) is 2.40. The molecule has 0 aromatic rings. The molecule has 1 unspecified atom stereocenters. The summed E-state index contributed by atoms with van der Waals surface area (Å²) in [4.78, 5) is 0. The van der Waals surface area contributed by atoms with Crippen LogP contribution >= 0.6 is 0 Å². The maximum atomic E-state index is 10.3. The summed E-state index contributed by atoms with van der Waals surface area (Å²) in [7, 11) is -4.30. The molecule has 0 spiro atoms. The molecular weight excluding hydrogens is 319 g/mol. The van der Waals surface area contributed by atoms with Crippen molar-refractivity contribution in [3.8, 4) is 0 Å². The molecule has 22 heavy (non-hydrogen) atoms. The van der Waals surface area contributed by atoms with Gasteiger partial charge in [-0.3, -0.25) is 0 Å². The van der Waals surface area contributed by atoms with Gasteiger partial charge in [0.2, 0.25) is 0 Å². The fourth-order valence-electron chi connectivity index (χ4n) is 1.74. The molecule has 0 heterocycles. The molecule has 0 aliphatic rings. The fourth-order valence-corrected chi connectivity index (χ4v) is 2.07. The summed E-state index contributed by atoms with van der Waals surface area (Å²) in [5.74, 6) is -0.805. The van der Waals surface area contributed by atoms with Crippen LogP contribution in [0.25, 0.3) is 0 Å². The Morgan fingerprint density at radius 2 is 1.55 bits per heavy atom. The van der Waals surface area contributed by atoms with Crippen molar-refractivity contribution in [2.24, 2.45) is 0 Å². The maximum Gasteiger partial charge on any atom is 1.00 e. The van der Waals surface area contributed by atoms with Crippen LogP contribution in [0.3, 0.4) is 0 Å². The van der Waals surface area contributed by atoms with E-state index in [0.29, 0.717) is 6.61 Å². The molecule has 0 bridgehead atoms. The summed E-state index contributed by atoms with van der Waals surface area (Å²) in [5.41, 5.74) is 0. The molecule has 0 N–H and O–H groups in total. The van der Waals surface area contributed by atoms with Gasteiger partial charge in [-0.15, -0.1) is 0 Å². The van der Waals surface area contributed by atoms with E-state index in [4.69, 9.17) is 9.47 Å². The molecular formula is C14H29NaO6S. The van der Waals surface area contributed by atoms with Crippen LogP contribution in [0.4, 0.5) is 0 Å². The van der Waals surface area contributed by atoms with Crippen LogP contribution in [0.2, 0.25) is 0 Å². The summed E-state index contributed by atoms with van der Waals surface area (Å²) < 4.78 is 46.3. The molecule has 6 nitrogen and oxygen atoms in total. The molecule has 8 heteroatoms. The van der Waals surface area contributed by atoms with Gasteiger partial charge in [0.1, 0.15) is 16.1 Å². The predicted molar refractivity (Wildman–Crippen MR) is 80.1 cm³/mol. The first-order valence-corrected chi connectivity index (χ1v) is 9.24. The van der Waals surface area contributed by atoms with Crippen LogP contribution in [-0.2, 0) is 24.3 Å². The second-order valence-corrected chi connectivity index (χ2v) is 6.46. The third-order valence-electron chi connectivity index (χ3n) is 2.85. The van der Waals surface area contributed by atoms with Crippen molar-refractivity contribution in [3.05, 3.63) is 0 Å². The maximum absolute atomic E-state index is 10.3. The summed E-state index contributed by atoms with van der Waals surface area (Å²) in [6.07, 6.45) is 7.40. The minimum absolute atomic E-state index is 0. The van der Waals surface area contributed by atoms with Gasteiger partial charge in [-0.1, -0.05) is 39.0 Å². The minimum atomic E-state index is -4.30.